The molecule has 0 aliphatic carbocycles. The van der Waals surface area contributed by atoms with Crippen LogP contribution in [0.15, 0.2) is 59.4 Å². The SMILES string of the molecule is Cc1cc(NC(=O)c2ccc3c(=O)n4c(nc3c2)CCCCC4)n(-c2ccccc2)n1. The molecule has 1 aliphatic rings. The maximum absolute atomic E-state index is 13.0. The van der Waals surface area contributed by atoms with Gasteiger partial charge in [0.2, 0.25) is 0 Å². The van der Waals surface area contributed by atoms with Crippen molar-refractivity contribution < 1.29 is 4.79 Å². The standard InChI is InChI=1S/C24H23N5O2/c1-16-14-22(29(27-16)18-8-4-2-5-9-18)26-23(30)17-11-12-19-20(15-17)25-21-10-6-3-7-13-28(21)24(19)31/h2,4-5,8-9,11-12,14-15H,3,6-7,10,13H2,1H3,(H,26,30). The highest BCUT2D eigenvalue weighted by Gasteiger charge is 2.17. The third-order valence-electron chi connectivity index (χ3n) is 5.65. The van der Waals surface area contributed by atoms with Crippen LogP contribution in [0.2, 0.25) is 0 Å². The molecule has 0 unspecified atom stereocenters. The molecule has 3 heterocycles. The van der Waals surface area contributed by atoms with Crippen molar-refractivity contribution in [3.63, 3.8) is 0 Å². The maximum Gasteiger partial charge on any atom is 0.261 e. The van der Waals surface area contributed by atoms with Crippen molar-refractivity contribution in [2.75, 3.05) is 5.32 Å². The molecule has 5 rings (SSSR count). The first-order valence-corrected chi connectivity index (χ1v) is 10.6. The van der Waals surface area contributed by atoms with E-state index in [0.717, 1.165) is 42.9 Å². The lowest BCUT2D eigenvalue weighted by molar-refractivity contribution is 0.102. The van der Waals surface area contributed by atoms with E-state index in [4.69, 9.17) is 4.98 Å². The lowest BCUT2D eigenvalue weighted by Gasteiger charge is -2.11. The highest BCUT2D eigenvalue weighted by atomic mass is 16.2. The maximum atomic E-state index is 13.0. The summed E-state index contributed by atoms with van der Waals surface area (Å²) in [7, 11) is 0. The number of benzene rings is 2. The highest BCUT2D eigenvalue weighted by Crippen LogP contribution is 2.20. The number of nitrogens with zero attached hydrogens (tertiary/aromatic N) is 4. The van der Waals surface area contributed by atoms with Gasteiger partial charge >= 0.3 is 0 Å². The minimum Gasteiger partial charge on any atom is -0.306 e. The van der Waals surface area contributed by atoms with Gasteiger partial charge in [-0.25, -0.2) is 9.67 Å². The minimum absolute atomic E-state index is 0.0216. The second-order valence-corrected chi connectivity index (χ2v) is 7.90. The van der Waals surface area contributed by atoms with Gasteiger partial charge < -0.3 is 5.32 Å². The number of aromatic nitrogens is 4. The van der Waals surface area contributed by atoms with Gasteiger partial charge in [0.05, 0.1) is 22.3 Å². The predicted octanol–water partition coefficient (Wildman–Crippen LogP) is 3.87. The summed E-state index contributed by atoms with van der Waals surface area (Å²) in [6, 6.07) is 16.6. The lowest BCUT2D eigenvalue weighted by atomic mass is 10.1. The number of para-hydroxylation sites is 1. The van der Waals surface area contributed by atoms with Gasteiger partial charge in [0, 0.05) is 24.6 Å². The van der Waals surface area contributed by atoms with Crippen molar-refractivity contribution in [3.05, 3.63) is 82.0 Å². The zero-order valence-corrected chi connectivity index (χ0v) is 17.3. The molecule has 1 N–H and O–H groups in total. The number of nitrogens with one attached hydrogen (secondary N) is 1. The van der Waals surface area contributed by atoms with Crippen molar-refractivity contribution in [2.24, 2.45) is 0 Å². The van der Waals surface area contributed by atoms with Crippen molar-refractivity contribution in [3.8, 4) is 5.69 Å². The Morgan fingerprint density at radius 1 is 1.03 bits per heavy atom. The summed E-state index contributed by atoms with van der Waals surface area (Å²) in [4.78, 5) is 30.7. The van der Waals surface area contributed by atoms with Gasteiger partial charge in [0.15, 0.2) is 0 Å². The van der Waals surface area contributed by atoms with E-state index in [0.29, 0.717) is 28.8 Å². The number of carbonyl (C=O) groups is 1. The van der Waals surface area contributed by atoms with Crippen molar-refractivity contribution >= 4 is 22.6 Å². The fraction of sp³-hybridized carbons (Fsp3) is 0.250. The molecule has 0 saturated carbocycles. The summed E-state index contributed by atoms with van der Waals surface area (Å²) >= 11 is 0. The summed E-state index contributed by atoms with van der Waals surface area (Å²) in [6.45, 7) is 2.59. The lowest BCUT2D eigenvalue weighted by Crippen LogP contribution is -2.24. The number of fused-ring (bicyclic) bond motifs is 2. The summed E-state index contributed by atoms with van der Waals surface area (Å²) in [5.41, 5.74) is 2.67. The molecule has 0 bridgehead atoms. The van der Waals surface area contributed by atoms with E-state index in [2.05, 4.69) is 10.4 Å². The molecule has 156 valence electrons. The topological polar surface area (TPSA) is 81.8 Å². The van der Waals surface area contributed by atoms with Gasteiger partial charge in [-0.15, -0.1) is 0 Å². The molecular weight excluding hydrogens is 390 g/mol. The zero-order chi connectivity index (χ0) is 21.4. The summed E-state index contributed by atoms with van der Waals surface area (Å²) in [5.74, 6) is 1.13. The quantitative estimate of drug-likeness (QED) is 0.553. The van der Waals surface area contributed by atoms with Gasteiger partial charge in [-0.2, -0.15) is 5.10 Å². The normalized spacial score (nSPS) is 13.6. The van der Waals surface area contributed by atoms with Gasteiger partial charge in [0.1, 0.15) is 11.6 Å². The molecule has 7 nitrogen and oxygen atoms in total. The van der Waals surface area contributed by atoms with E-state index in [1.54, 1.807) is 27.4 Å². The molecule has 1 aliphatic heterocycles. The first kappa shape index (κ1) is 19.2. The molecule has 2 aromatic carbocycles. The van der Waals surface area contributed by atoms with Crippen LogP contribution in [0.1, 0.15) is 41.1 Å². The smallest absolute Gasteiger partial charge is 0.261 e. The molecule has 2 aromatic heterocycles. The average Bonchev–Trinajstić information content (AvgIpc) is 2.99. The monoisotopic (exact) mass is 413 g/mol. The number of amides is 1. The molecule has 0 atom stereocenters. The Hall–Kier alpha value is -3.74. The van der Waals surface area contributed by atoms with E-state index < -0.39 is 0 Å². The van der Waals surface area contributed by atoms with E-state index in [1.807, 2.05) is 43.3 Å². The molecule has 0 fully saturated rings. The first-order valence-electron chi connectivity index (χ1n) is 10.6. The van der Waals surface area contributed by atoms with E-state index in [9.17, 15) is 9.59 Å². The molecule has 0 saturated heterocycles. The van der Waals surface area contributed by atoms with E-state index >= 15 is 0 Å². The van der Waals surface area contributed by atoms with E-state index in [1.165, 1.54) is 0 Å². The highest BCUT2D eigenvalue weighted by molar-refractivity contribution is 6.05. The summed E-state index contributed by atoms with van der Waals surface area (Å²) in [5, 5.41) is 7.99. The predicted molar refractivity (Wildman–Crippen MR) is 120 cm³/mol. The van der Waals surface area contributed by atoms with Crippen LogP contribution in [0.3, 0.4) is 0 Å². The van der Waals surface area contributed by atoms with Gasteiger partial charge in [-0.1, -0.05) is 24.6 Å². The number of carbonyl (C=O) groups excluding carboxylic acids is 1. The number of anilines is 1. The minimum atomic E-state index is -0.268. The Bertz CT molecular complexity index is 1340. The molecule has 0 spiro atoms. The van der Waals surface area contributed by atoms with Crippen LogP contribution < -0.4 is 10.9 Å². The van der Waals surface area contributed by atoms with E-state index in [-0.39, 0.29) is 11.5 Å². The van der Waals surface area contributed by atoms with Crippen LogP contribution in [-0.4, -0.2) is 25.2 Å². The van der Waals surface area contributed by atoms with Gasteiger partial charge in [0.25, 0.3) is 11.5 Å². The zero-order valence-electron chi connectivity index (χ0n) is 17.3. The molecule has 7 heteroatoms. The Balaban J connectivity index is 1.49. The van der Waals surface area contributed by atoms with Crippen molar-refractivity contribution in [2.45, 2.75) is 39.2 Å². The van der Waals surface area contributed by atoms with Gasteiger partial charge in [-0.3, -0.25) is 14.2 Å². The first-order chi connectivity index (χ1) is 15.1. The second-order valence-electron chi connectivity index (χ2n) is 7.90. The Morgan fingerprint density at radius 3 is 2.71 bits per heavy atom. The van der Waals surface area contributed by atoms with Crippen LogP contribution in [0.5, 0.6) is 0 Å². The number of hydrogen-bond donors (Lipinski definition) is 1. The largest absolute Gasteiger partial charge is 0.306 e. The van der Waals surface area contributed by atoms with Gasteiger partial charge in [-0.05, 0) is 50.1 Å². The van der Waals surface area contributed by atoms with Crippen LogP contribution in [0, 0.1) is 6.92 Å². The number of aryl methyl sites for hydroxylation is 2. The van der Waals surface area contributed by atoms with Crippen LogP contribution in [0.25, 0.3) is 16.6 Å². The molecule has 31 heavy (non-hydrogen) atoms. The number of rotatable bonds is 3. The Kier molecular flexibility index (Phi) is 4.86. The molecule has 4 aromatic rings. The molecular formula is C24H23N5O2. The second kappa shape index (κ2) is 7.83. The summed E-state index contributed by atoms with van der Waals surface area (Å²) in [6.07, 6.45) is 3.91. The van der Waals surface area contributed by atoms with Crippen LogP contribution >= 0.6 is 0 Å². The molecule has 0 radical (unpaired) electrons. The fourth-order valence-corrected chi connectivity index (χ4v) is 4.10. The fourth-order valence-electron chi connectivity index (χ4n) is 4.10. The summed E-state index contributed by atoms with van der Waals surface area (Å²) < 4.78 is 3.50. The number of hydrogen-bond acceptors (Lipinski definition) is 4. The molecule has 1 amide bonds. The Labute approximate surface area is 179 Å². The average molecular weight is 413 g/mol. The third-order valence-corrected chi connectivity index (χ3v) is 5.65. The third kappa shape index (κ3) is 3.63. The van der Waals surface area contributed by atoms with Crippen LogP contribution in [-0.2, 0) is 13.0 Å². The van der Waals surface area contributed by atoms with Crippen LogP contribution in [0.4, 0.5) is 5.82 Å². The van der Waals surface area contributed by atoms with Crippen molar-refractivity contribution in [1.29, 1.82) is 0 Å². The van der Waals surface area contributed by atoms with Crippen molar-refractivity contribution in [1.82, 2.24) is 19.3 Å². The Morgan fingerprint density at radius 2 is 1.87 bits per heavy atom.